The highest BCUT2D eigenvalue weighted by Crippen LogP contribution is 2.52. The Kier molecular flexibility index (Phi) is 7.35. The van der Waals surface area contributed by atoms with Crippen LogP contribution in [0.2, 0.25) is 0 Å². The predicted octanol–water partition coefficient (Wildman–Crippen LogP) is 5.06. The molecule has 5 aromatic rings. The molecule has 5 aromatic heterocycles. The number of pyridine rings is 3. The van der Waals surface area contributed by atoms with Crippen molar-refractivity contribution in [1.82, 2.24) is 38.6 Å². The van der Waals surface area contributed by atoms with Crippen molar-refractivity contribution in [3.8, 4) is 34.4 Å². The van der Waals surface area contributed by atoms with E-state index in [4.69, 9.17) is 5.26 Å². The molecule has 46 heavy (non-hydrogen) atoms. The summed E-state index contributed by atoms with van der Waals surface area (Å²) < 4.78 is 47.3. The molecule has 14 heteroatoms. The zero-order valence-corrected chi connectivity index (χ0v) is 25.1. The van der Waals surface area contributed by atoms with Gasteiger partial charge >= 0.3 is 11.9 Å². The molecule has 0 unspecified atom stereocenters. The van der Waals surface area contributed by atoms with Crippen molar-refractivity contribution in [2.24, 2.45) is 12.5 Å². The summed E-state index contributed by atoms with van der Waals surface area (Å²) in [5.41, 5.74) is 0.968. The van der Waals surface area contributed by atoms with Gasteiger partial charge in [0.05, 0.1) is 17.1 Å². The van der Waals surface area contributed by atoms with Crippen LogP contribution in [-0.4, -0.2) is 58.2 Å². The Balaban J connectivity index is 1.34. The number of likely N-dealkylation sites (tertiary alicyclic amines) is 1. The molecular formula is C32H31F3N10O. The standard InChI is InChI=1S/C32H31F3N10O/c1-42-20-39-41-29(42)23-4-10-37-15-24(23)22-13-27(38-9-3-2-8-36)40-28(14-22)45-18-26-25(32(33,34)35)12-21(17-44(26)30(45)46)16-43-11-7-31(19-43)5-6-31/h4,10,12-15,17-18,20H,2-3,5-7,9,11,16,19H2,1H3,(H,38,40). The maximum Gasteiger partial charge on any atom is 0.418 e. The summed E-state index contributed by atoms with van der Waals surface area (Å²) >= 11 is 0. The normalized spacial score (nSPS) is 15.9. The van der Waals surface area contributed by atoms with Gasteiger partial charge in [0.1, 0.15) is 18.0 Å². The molecule has 11 nitrogen and oxygen atoms in total. The second-order valence-electron chi connectivity index (χ2n) is 12.2. The zero-order chi connectivity index (χ0) is 32.1. The van der Waals surface area contributed by atoms with Gasteiger partial charge in [0.25, 0.3) is 0 Å². The highest BCUT2D eigenvalue weighted by molar-refractivity contribution is 5.81. The summed E-state index contributed by atoms with van der Waals surface area (Å²) in [5, 5.41) is 20.4. The number of aromatic nitrogens is 7. The molecule has 0 amide bonds. The van der Waals surface area contributed by atoms with Crippen LogP contribution >= 0.6 is 0 Å². The summed E-state index contributed by atoms with van der Waals surface area (Å²) in [6, 6.07) is 8.47. The number of nitriles is 1. The lowest BCUT2D eigenvalue weighted by molar-refractivity contribution is -0.136. The van der Waals surface area contributed by atoms with Crippen molar-refractivity contribution < 1.29 is 13.2 Å². The number of aryl methyl sites for hydroxylation is 1. The van der Waals surface area contributed by atoms with Crippen molar-refractivity contribution in [3.05, 3.63) is 77.0 Å². The molecular weight excluding hydrogens is 597 g/mol. The van der Waals surface area contributed by atoms with Crippen LogP contribution in [0.15, 0.2) is 60.2 Å². The van der Waals surface area contributed by atoms with Gasteiger partial charge in [-0.05, 0) is 73.0 Å². The fourth-order valence-electron chi connectivity index (χ4n) is 6.34. The number of imidazole rings is 1. The fourth-order valence-corrected chi connectivity index (χ4v) is 6.34. The molecule has 1 N–H and O–H groups in total. The number of rotatable bonds is 9. The third-order valence-corrected chi connectivity index (χ3v) is 8.92. The minimum absolute atomic E-state index is 0.131. The molecule has 0 atom stereocenters. The lowest BCUT2D eigenvalue weighted by Gasteiger charge is -2.17. The summed E-state index contributed by atoms with van der Waals surface area (Å²) in [4.78, 5) is 25.0. The molecule has 236 valence electrons. The topological polar surface area (TPSA) is 122 Å². The van der Waals surface area contributed by atoms with Crippen LogP contribution in [0.1, 0.15) is 43.2 Å². The SMILES string of the molecule is Cn1cnnc1-c1ccncc1-c1cc(NCCCC#N)nc(-n2cc3c(C(F)(F)F)cc(CN4CCC5(CC5)C4)cn3c2=O)c1. The maximum absolute atomic E-state index is 14.4. The fraction of sp³-hybridized carbons (Fsp3) is 0.375. The Morgan fingerprint density at radius 1 is 1.13 bits per heavy atom. The molecule has 1 spiro atoms. The predicted molar refractivity (Wildman–Crippen MR) is 164 cm³/mol. The van der Waals surface area contributed by atoms with Gasteiger partial charge in [-0.15, -0.1) is 10.2 Å². The van der Waals surface area contributed by atoms with Crippen LogP contribution in [0.5, 0.6) is 0 Å². The molecule has 0 aromatic carbocycles. The van der Waals surface area contributed by atoms with Gasteiger partial charge in [-0.25, -0.2) is 9.78 Å². The molecule has 7 rings (SSSR count). The van der Waals surface area contributed by atoms with Crippen LogP contribution in [-0.2, 0) is 19.8 Å². The average molecular weight is 629 g/mol. The van der Waals surface area contributed by atoms with Crippen molar-refractivity contribution >= 4 is 11.3 Å². The average Bonchev–Trinajstić information content (AvgIpc) is 3.29. The Morgan fingerprint density at radius 3 is 2.70 bits per heavy atom. The van der Waals surface area contributed by atoms with E-state index >= 15 is 0 Å². The number of hydrogen-bond donors (Lipinski definition) is 1. The van der Waals surface area contributed by atoms with Gasteiger partial charge in [-0.2, -0.15) is 18.4 Å². The first-order valence-corrected chi connectivity index (χ1v) is 15.1. The first-order chi connectivity index (χ1) is 22.1. The molecule has 2 aliphatic rings. The maximum atomic E-state index is 14.4. The van der Waals surface area contributed by atoms with E-state index in [0.29, 0.717) is 59.7 Å². The summed E-state index contributed by atoms with van der Waals surface area (Å²) in [7, 11) is 1.81. The Morgan fingerprint density at radius 2 is 1.98 bits per heavy atom. The van der Waals surface area contributed by atoms with Gasteiger partial charge in [0.15, 0.2) is 5.82 Å². The zero-order valence-electron chi connectivity index (χ0n) is 25.1. The smallest absolute Gasteiger partial charge is 0.370 e. The minimum atomic E-state index is -4.67. The van der Waals surface area contributed by atoms with E-state index < -0.39 is 17.4 Å². The number of alkyl halides is 3. The van der Waals surface area contributed by atoms with Crippen LogP contribution < -0.4 is 11.0 Å². The van der Waals surface area contributed by atoms with E-state index in [1.54, 1.807) is 41.5 Å². The van der Waals surface area contributed by atoms with E-state index in [2.05, 4.69) is 36.5 Å². The molecule has 0 radical (unpaired) electrons. The number of fused-ring (bicyclic) bond motifs is 1. The third kappa shape index (κ3) is 5.62. The van der Waals surface area contributed by atoms with Crippen molar-refractivity contribution in [2.45, 2.75) is 44.8 Å². The molecule has 6 heterocycles. The lowest BCUT2D eigenvalue weighted by Crippen LogP contribution is -2.23. The third-order valence-electron chi connectivity index (χ3n) is 8.92. The highest BCUT2D eigenvalue weighted by Gasteiger charge is 2.47. The van der Waals surface area contributed by atoms with Gasteiger partial charge in [-0.1, -0.05) is 0 Å². The van der Waals surface area contributed by atoms with Crippen LogP contribution in [0.25, 0.3) is 33.8 Å². The van der Waals surface area contributed by atoms with E-state index in [-0.39, 0.29) is 11.3 Å². The number of halogens is 3. The Labute approximate surface area is 262 Å². The molecule has 2 fully saturated rings. The summed E-state index contributed by atoms with van der Waals surface area (Å²) in [6.07, 6.45) is 7.18. The molecule has 1 saturated carbocycles. The first kappa shape index (κ1) is 29.7. The van der Waals surface area contributed by atoms with Gasteiger partial charge in [0, 0.05) is 69.0 Å². The second kappa shape index (κ2) is 11.4. The minimum Gasteiger partial charge on any atom is -0.370 e. The molecule has 0 bridgehead atoms. The quantitative estimate of drug-likeness (QED) is 0.225. The Hall–Kier alpha value is -5.03. The van der Waals surface area contributed by atoms with Crippen molar-refractivity contribution in [3.63, 3.8) is 0 Å². The van der Waals surface area contributed by atoms with Gasteiger partial charge in [-0.3, -0.25) is 18.9 Å². The highest BCUT2D eigenvalue weighted by atomic mass is 19.4. The lowest BCUT2D eigenvalue weighted by atomic mass is 10.0. The van der Waals surface area contributed by atoms with E-state index in [1.807, 2.05) is 7.05 Å². The number of nitrogens with one attached hydrogen (secondary N) is 1. The molecule has 1 aliphatic carbocycles. The van der Waals surface area contributed by atoms with Crippen molar-refractivity contribution in [1.29, 1.82) is 5.26 Å². The number of anilines is 1. The van der Waals surface area contributed by atoms with Gasteiger partial charge in [0.2, 0.25) is 0 Å². The summed E-state index contributed by atoms with van der Waals surface area (Å²) in [5.74, 6) is 1.10. The van der Waals surface area contributed by atoms with E-state index in [0.717, 1.165) is 40.1 Å². The largest absolute Gasteiger partial charge is 0.418 e. The number of hydrogen-bond acceptors (Lipinski definition) is 8. The van der Waals surface area contributed by atoms with Gasteiger partial charge < -0.3 is 9.88 Å². The second-order valence-corrected chi connectivity index (χ2v) is 12.2. The van der Waals surface area contributed by atoms with Crippen LogP contribution in [0.3, 0.4) is 0 Å². The first-order valence-electron chi connectivity index (χ1n) is 15.1. The van der Waals surface area contributed by atoms with E-state index in [9.17, 15) is 18.0 Å². The van der Waals surface area contributed by atoms with E-state index in [1.165, 1.54) is 25.2 Å². The van der Waals surface area contributed by atoms with Crippen molar-refractivity contribution in [2.75, 3.05) is 25.0 Å². The summed E-state index contributed by atoms with van der Waals surface area (Å²) in [6.45, 7) is 2.47. The Bertz CT molecular complexity index is 2030. The number of unbranched alkanes of at least 4 members (excludes halogenated alkanes) is 1. The van der Waals surface area contributed by atoms with Crippen LogP contribution in [0, 0.1) is 16.7 Å². The monoisotopic (exact) mass is 628 g/mol. The molecule has 1 saturated heterocycles. The molecule has 1 aliphatic heterocycles. The van der Waals surface area contributed by atoms with Crippen LogP contribution in [0.4, 0.5) is 19.0 Å². The number of nitrogens with zero attached hydrogens (tertiary/aromatic N) is 9.